The van der Waals surface area contributed by atoms with Gasteiger partial charge in [0.15, 0.2) is 0 Å². The molecule has 0 atom stereocenters. The molecule has 0 saturated heterocycles. The summed E-state index contributed by atoms with van der Waals surface area (Å²) in [6, 6.07) is 22.6. The third-order valence-corrected chi connectivity index (χ3v) is 7.01. The Morgan fingerprint density at radius 2 is 1.21 bits per heavy atom. The number of pyridine rings is 2. The molecule has 0 radical (unpaired) electrons. The van der Waals surface area contributed by atoms with Crippen LogP contribution in [0.3, 0.4) is 0 Å². The van der Waals surface area contributed by atoms with Gasteiger partial charge < -0.3 is 14.2 Å². The maximum absolute atomic E-state index is 6.02. The molecule has 6 aromatic rings. The molecule has 1 saturated carbocycles. The van der Waals surface area contributed by atoms with Crippen molar-refractivity contribution in [3.63, 3.8) is 0 Å². The molecule has 1 N–H and O–H groups in total. The zero-order valence-corrected chi connectivity index (χ0v) is 22.8. The SMILES string of the molecule is Clc1cccc(-c2nc3ccc(Cl)nc3o2)c1.Clc1cccc(-c2nc3ccc(NC4CCCC4)nc3o2)c1. The van der Waals surface area contributed by atoms with Crippen LogP contribution in [-0.2, 0) is 0 Å². The van der Waals surface area contributed by atoms with Crippen molar-refractivity contribution in [3.8, 4) is 22.9 Å². The molecular weight excluding hydrogens is 557 g/mol. The van der Waals surface area contributed by atoms with Crippen molar-refractivity contribution in [2.45, 2.75) is 31.7 Å². The van der Waals surface area contributed by atoms with Crippen LogP contribution in [0.5, 0.6) is 0 Å². The number of benzene rings is 2. The number of fused-ring (bicyclic) bond motifs is 2. The van der Waals surface area contributed by atoms with Crippen LogP contribution in [0, 0.1) is 0 Å². The third-order valence-electron chi connectivity index (χ3n) is 6.33. The minimum absolute atomic E-state index is 0.381. The van der Waals surface area contributed by atoms with Crippen molar-refractivity contribution in [2.75, 3.05) is 5.32 Å². The molecule has 2 aromatic carbocycles. The van der Waals surface area contributed by atoms with Gasteiger partial charge in [-0.3, -0.25) is 0 Å². The average Bonchev–Trinajstić information content (AvgIpc) is 3.68. The molecule has 7 rings (SSSR count). The van der Waals surface area contributed by atoms with Crippen LogP contribution in [-0.4, -0.2) is 26.0 Å². The summed E-state index contributed by atoms with van der Waals surface area (Å²) in [7, 11) is 0. The molecular formula is C29H22Cl3N5O2. The van der Waals surface area contributed by atoms with Crippen LogP contribution in [0.2, 0.25) is 15.2 Å². The molecule has 4 aromatic heterocycles. The Morgan fingerprint density at radius 1 is 0.641 bits per heavy atom. The molecule has 0 bridgehead atoms. The Labute approximate surface area is 239 Å². The second kappa shape index (κ2) is 11.2. The molecule has 39 heavy (non-hydrogen) atoms. The number of halogens is 3. The van der Waals surface area contributed by atoms with E-state index in [4.69, 9.17) is 43.6 Å². The molecule has 10 heteroatoms. The number of rotatable bonds is 4. The summed E-state index contributed by atoms with van der Waals surface area (Å²) in [5, 5.41) is 5.15. The Balaban J connectivity index is 0.000000147. The monoisotopic (exact) mass is 577 g/mol. The number of nitrogens with one attached hydrogen (secondary N) is 1. The largest absolute Gasteiger partial charge is 0.418 e. The highest BCUT2D eigenvalue weighted by Crippen LogP contribution is 2.28. The molecule has 1 aliphatic carbocycles. The number of nitrogens with zero attached hydrogens (tertiary/aromatic N) is 4. The first-order chi connectivity index (χ1) is 19.0. The van der Waals surface area contributed by atoms with Crippen molar-refractivity contribution in [1.29, 1.82) is 0 Å². The van der Waals surface area contributed by atoms with Crippen LogP contribution < -0.4 is 5.32 Å². The second-order valence-electron chi connectivity index (χ2n) is 9.16. The van der Waals surface area contributed by atoms with Gasteiger partial charge in [0.05, 0.1) is 0 Å². The minimum Gasteiger partial charge on any atom is -0.418 e. The first-order valence-corrected chi connectivity index (χ1v) is 13.6. The fraction of sp³-hybridized carbons (Fsp3) is 0.172. The molecule has 1 fully saturated rings. The summed E-state index contributed by atoms with van der Waals surface area (Å²) >= 11 is 17.7. The summed E-state index contributed by atoms with van der Waals surface area (Å²) < 4.78 is 11.3. The van der Waals surface area contributed by atoms with Crippen molar-refractivity contribution in [3.05, 3.63) is 88.0 Å². The van der Waals surface area contributed by atoms with Crippen LogP contribution >= 0.6 is 34.8 Å². The van der Waals surface area contributed by atoms with Crippen molar-refractivity contribution < 1.29 is 8.83 Å². The third kappa shape index (κ3) is 6.01. The van der Waals surface area contributed by atoms with Gasteiger partial charge >= 0.3 is 0 Å². The van der Waals surface area contributed by atoms with Gasteiger partial charge in [0.2, 0.25) is 23.2 Å². The van der Waals surface area contributed by atoms with Gasteiger partial charge in [0.25, 0.3) is 0 Å². The van der Waals surface area contributed by atoms with E-state index in [9.17, 15) is 0 Å². The average molecular weight is 579 g/mol. The first-order valence-electron chi connectivity index (χ1n) is 12.5. The number of anilines is 1. The number of hydrogen-bond donors (Lipinski definition) is 1. The van der Waals surface area contributed by atoms with Gasteiger partial charge in [0, 0.05) is 27.2 Å². The lowest BCUT2D eigenvalue weighted by atomic mass is 10.2. The van der Waals surface area contributed by atoms with E-state index >= 15 is 0 Å². The van der Waals surface area contributed by atoms with Gasteiger partial charge in [-0.25, -0.2) is 9.97 Å². The quantitative estimate of drug-likeness (QED) is 0.209. The normalized spacial score (nSPS) is 13.5. The van der Waals surface area contributed by atoms with Crippen LogP contribution in [0.15, 0.2) is 81.6 Å². The Hall–Kier alpha value is -3.65. The van der Waals surface area contributed by atoms with Gasteiger partial charge in [-0.15, -0.1) is 0 Å². The maximum atomic E-state index is 6.02. The van der Waals surface area contributed by atoms with Crippen molar-refractivity contribution in [1.82, 2.24) is 19.9 Å². The van der Waals surface area contributed by atoms with Gasteiger partial charge in [-0.2, -0.15) is 9.97 Å². The Kier molecular flexibility index (Phi) is 7.37. The molecule has 0 unspecified atom stereocenters. The summed E-state index contributed by atoms with van der Waals surface area (Å²) in [6.45, 7) is 0. The van der Waals surface area contributed by atoms with Crippen molar-refractivity contribution in [2.24, 2.45) is 0 Å². The van der Waals surface area contributed by atoms with E-state index in [0.717, 1.165) is 22.5 Å². The first kappa shape index (κ1) is 25.6. The number of oxazole rings is 2. The van der Waals surface area contributed by atoms with Gasteiger partial charge in [0.1, 0.15) is 22.0 Å². The van der Waals surface area contributed by atoms with Crippen LogP contribution in [0.25, 0.3) is 45.4 Å². The van der Waals surface area contributed by atoms with E-state index in [1.165, 1.54) is 25.7 Å². The summed E-state index contributed by atoms with van der Waals surface area (Å²) in [5.74, 6) is 1.88. The lowest BCUT2D eigenvalue weighted by Gasteiger charge is -2.11. The van der Waals surface area contributed by atoms with E-state index in [0.29, 0.717) is 50.0 Å². The maximum Gasteiger partial charge on any atom is 0.249 e. The van der Waals surface area contributed by atoms with Crippen LogP contribution in [0.4, 0.5) is 5.82 Å². The lowest BCUT2D eigenvalue weighted by molar-refractivity contribution is 0.607. The molecule has 0 spiro atoms. The fourth-order valence-electron chi connectivity index (χ4n) is 4.46. The smallest absolute Gasteiger partial charge is 0.249 e. The lowest BCUT2D eigenvalue weighted by Crippen LogP contribution is -2.15. The number of hydrogen-bond acceptors (Lipinski definition) is 7. The summed E-state index contributed by atoms with van der Waals surface area (Å²) in [6.07, 6.45) is 5.01. The van der Waals surface area contributed by atoms with E-state index < -0.39 is 0 Å². The van der Waals surface area contributed by atoms with E-state index in [1.807, 2.05) is 48.5 Å². The van der Waals surface area contributed by atoms with E-state index in [1.54, 1.807) is 24.3 Å². The zero-order chi connectivity index (χ0) is 26.8. The highest BCUT2D eigenvalue weighted by molar-refractivity contribution is 6.31. The molecule has 196 valence electrons. The van der Waals surface area contributed by atoms with Crippen LogP contribution in [0.1, 0.15) is 25.7 Å². The highest BCUT2D eigenvalue weighted by Gasteiger charge is 2.16. The van der Waals surface area contributed by atoms with E-state index in [2.05, 4.69) is 25.3 Å². The molecule has 7 nitrogen and oxygen atoms in total. The predicted molar refractivity (Wildman–Crippen MR) is 155 cm³/mol. The predicted octanol–water partition coefficient (Wildman–Crippen LogP) is 9.09. The summed E-state index contributed by atoms with van der Waals surface area (Å²) in [4.78, 5) is 17.4. The Bertz CT molecular complexity index is 1760. The Morgan fingerprint density at radius 3 is 1.79 bits per heavy atom. The van der Waals surface area contributed by atoms with Gasteiger partial charge in [-0.05, 0) is 73.5 Å². The van der Waals surface area contributed by atoms with Crippen molar-refractivity contribution >= 4 is 63.1 Å². The highest BCUT2D eigenvalue weighted by atomic mass is 35.5. The standard InChI is InChI=1S/C17H16ClN3O.C12H6Cl2N2O/c18-12-5-3-4-11(10-12)16-20-14-8-9-15(21-17(14)22-16)19-13-6-1-2-7-13;13-8-3-1-2-7(6-8)11-15-9-4-5-10(14)16-12(9)17-11/h3-5,8-10,13H,1-2,6-7H2,(H,19,21);1-6H. The van der Waals surface area contributed by atoms with E-state index in [-0.39, 0.29) is 0 Å². The molecule has 0 aliphatic heterocycles. The second-order valence-corrected chi connectivity index (χ2v) is 10.4. The zero-order valence-electron chi connectivity index (χ0n) is 20.6. The number of aromatic nitrogens is 4. The topological polar surface area (TPSA) is 89.9 Å². The molecule has 0 amide bonds. The van der Waals surface area contributed by atoms with Gasteiger partial charge in [-0.1, -0.05) is 59.8 Å². The summed E-state index contributed by atoms with van der Waals surface area (Å²) in [5.41, 5.74) is 4.07. The fourth-order valence-corrected chi connectivity index (χ4v) is 4.98. The minimum atomic E-state index is 0.381. The molecule has 4 heterocycles. The molecule has 1 aliphatic rings.